The SMILES string of the molecule is Cc1nonc1OCCNC(=O)[C@H]1CCOc2ccccc2C1. The van der Waals surface area contributed by atoms with E-state index in [1.807, 2.05) is 24.3 Å². The first-order valence-corrected chi connectivity index (χ1v) is 7.64. The van der Waals surface area contributed by atoms with Crippen molar-refractivity contribution in [2.45, 2.75) is 19.8 Å². The molecular weight excluding hydrogens is 298 g/mol. The van der Waals surface area contributed by atoms with Crippen LogP contribution in [0, 0.1) is 12.8 Å². The molecule has 122 valence electrons. The van der Waals surface area contributed by atoms with Crippen LogP contribution in [0.5, 0.6) is 11.6 Å². The van der Waals surface area contributed by atoms with Gasteiger partial charge in [0, 0.05) is 5.92 Å². The molecule has 2 aromatic rings. The molecule has 0 fully saturated rings. The van der Waals surface area contributed by atoms with Crippen LogP contribution in [0.15, 0.2) is 28.9 Å². The second-order valence-corrected chi connectivity index (χ2v) is 5.44. The Labute approximate surface area is 133 Å². The Kier molecular flexibility index (Phi) is 4.75. The standard InChI is InChI=1S/C16H19N3O4/c1-11-16(19-23-18-11)22-9-7-17-15(20)13-6-8-21-14-5-3-2-4-12(14)10-13/h2-5,13H,6-10H2,1H3,(H,17,20)/t13-/m0/s1. The van der Waals surface area contributed by atoms with Crippen LogP contribution in [0.4, 0.5) is 0 Å². The Morgan fingerprint density at radius 1 is 1.39 bits per heavy atom. The lowest BCUT2D eigenvalue weighted by Crippen LogP contribution is -2.35. The first-order valence-electron chi connectivity index (χ1n) is 7.64. The number of carbonyl (C=O) groups excluding carboxylic acids is 1. The van der Waals surface area contributed by atoms with Crippen molar-refractivity contribution in [1.29, 1.82) is 0 Å². The fourth-order valence-corrected chi connectivity index (χ4v) is 2.54. The fourth-order valence-electron chi connectivity index (χ4n) is 2.54. The molecular formula is C16H19N3O4. The molecule has 1 atom stereocenters. The average Bonchev–Trinajstić information content (AvgIpc) is 2.84. The summed E-state index contributed by atoms with van der Waals surface area (Å²) in [5, 5.41) is 10.1. The van der Waals surface area contributed by atoms with Gasteiger partial charge in [0.2, 0.25) is 5.91 Å². The summed E-state index contributed by atoms with van der Waals surface area (Å²) < 4.78 is 15.6. The van der Waals surface area contributed by atoms with Gasteiger partial charge in [-0.2, -0.15) is 0 Å². The quantitative estimate of drug-likeness (QED) is 0.841. The number of nitrogens with zero attached hydrogens (tertiary/aromatic N) is 2. The summed E-state index contributed by atoms with van der Waals surface area (Å²) in [6.45, 7) is 3.02. The molecule has 1 N–H and O–H groups in total. The Bertz CT molecular complexity index is 671. The van der Waals surface area contributed by atoms with Crippen LogP contribution in [0.25, 0.3) is 0 Å². The van der Waals surface area contributed by atoms with Gasteiger partial charge in [0.15, 0.2) is 0 Å². The maximum absolute atomic E-state index is 12.3. The van der Waals surface area contributed by atoms with E-state index in [1.165, 1.54) is 0 Å². The van der Waals surface area contributed by atoms with Crippen LogP contribution >= 0.6 is 0 Å². The van der Waals surface area contributed by atoms with Gasteiger partial charge in [-0.05, 0) is 36.6 Å². The molecule has 2 heterocycles. The second kappa shape index (κ2) is 7.13. The molecule has 7 nitrogen and oxygen atoms in total. The maximum atomic E-state index is 12.3. The summed E-state index contributed by atoms with van der Waals surface area (Å²) in [6.07, 6.45) is 1.39. The molecule has 1 aliphatic rings. The molecule has 0 saturated carbocycles. The van der Waals surface area contributed by atoms with Gasteiger partial charge in [-0.3, -0.25) is 4.79 Å². The van der Waals surface area contributed by atoms with Gasteiger partial charge in [0.05, 0.1) is 13.2 Å². The maximum Gasteiger partial charge on any atom is 0.278 e. The van der Waals surface area contributed by atoms with E-state index >= 15 is 0 Å². The van der Waals surface area contributed by atoms with Crippen molar-refractivity contribution < 1.29 is 18.9 Å². The predicted molar refractivity (Wildman–Crippen MR) is 81.3 cm³/mol. The molecule has 7 heteroatoms. The van der Waals surface area contributed by atoms with Gasteiger partial charge in [-0.1, -0.05) is 23.4 Å². The van der Waals surface area contributed by atoms with Crippen molar-refractivity contribution in [2.75, 3.05) is 19.8 Å². The third-order valence-corrected chi connectivity index (χ3v) is 3.78. The molecule has 0 bridgehead atoms. The number of aromatic nitrogens is 2. The number of amides is 1. The van der Waals surface area contributed by atoms with Crippen LogP contribution in [0.2, 0.25) is 0 Å². The number of benzene rings is 1. The van der Waals surface area contributed by atoms with Gasteiger partial charge >= 0.3 is 0 Å². The number of carbonyl (C=O) groups is 1. The van der Waals surface area contributed by atoms with Crippen LogP contribution in [-0.2, 0) is 11.2 Å². The number of fused-ring (bicyclic) bond motifs is 1. The monoisotopic (exact) mass is 317 g/mol. The van der Waals surface area contributed by atoms with Crippen molar-refractivity contribution in [3.8, 4) is 11.6 Å². The number of hydrogen-bond donors (Lipinski definition) is 1. The highest BCUT2D eigenvalue weighted by molar-refractivity contribution is 5.79. The first kappa shape index (κ1) is 15.3. The van der Waals surface area contributed by atoms with E-state index in [4.69, 9.17) is 9.47 Å². The van der Waals surface area contributed by atoms with Gasteiger partial charge in [0.25, 0.3) is 5.88 Å². The van der Waals surface area contributed by atoms with E-state index in [1.54, 1.807) is 6.92 Å². The molecule has 0 unspecified atom stereocenters. The number of nitrogens with one attached hydrogen (secondary N) is 1. The Morgan fingerprint density at radius 2 is 2.26 bits per heavy atom. The van der Waals surface area contributed by atoms with Gasteiger partial charge in [0.1, 0.15) is 18.1 Å². The topological polar surface area (TPSA) is 86.5 Å². The van der Waals surface area contributed by atoms with Crippen molar-refractivity contribution in [2.24, 2.45) is 5.92 Å². The summed E-state index contributed by atoms with van der Waals surface area (Å²) in [5.74, 6) is 1.16. The zero-order valence-electron chi connectivity index (χ0n) is 12.9. The molecule has 0 radical (unpaired) electrons. The number of rotatable bonds is 5. The summed E-state index contributed by atoms with van der Waals surface area (Å²) in [7, 11) is 0. The first-order chi connectivity index (χ1) is 11.2. The highest BCUT2D eigenvalue weighted by atomic mass is 16.6. The molecule has 0 aliphatic carbocycles. The van der Waals surface area contributed by atoms with Crippen LogP contribution in [0.3, 0.4) is 0 Å². The third-order valence-electron chi connectivity index (χ3n) is 3.78. The zero-order chi connectivity index (χ0) is 16.1. The molecule has 0 spiro atoms. The van der Waals surface area contributed by atoms with Crippen molar-refractivity contribution in [3.05, 3.63) is 35.5 Å². The van der Waals surface area contributed by atoms with E-state index in [9.17, 15) is 4.79 Å². The highest BCUT2D eigenvalue weighted by Gasteiger charge is 2.23. The van der Waals surface area contributed by atoms with Gasteiger partial charge in [-0.15, -0.1) is 0 Å². The van der Waals surface area contributed by atoms with Gasteiger partial charge in [-0.25, -0.2) is 4.63 Å². The molecule has 1 aromatic carbocycles. The van der Waals surface area contributed by atoms with Crippen molar-refractivity contribution >= 4 is 5.91 Å². The van der Waals surface area contributed by atoms with Crippen molar-refractivity contribution in [1.82, 2.24) is 15.6 Å². The second-order valence-electron chi connectivity index (χ2n) is 5.44. The smallest absolute Gasteiger partial charge is 0.278 e. The number of aryl methyl sites for hydroxylation is 1. The van der Waals surface area contributed by atoms with E-state index in [2.05, 4.69) is 20.3 Å². The summed E-state index contributed by atoms with van der Waals surface area (Å²) >= 11 is 0. The molecule has 3 rings (SSSR count). The van der Waals surface area contributed by atoms with Gasteiger partial charge < -0.3 is 14.8 Å². The normalized spacial score (nSPS) is 16.8. The molecule has 1 aromatic heterocycles. The Morgan fingerprint density at radius 3 is 3.09 bits per heavy atom. The van der Waals surface area contributed by atoms with Crippen LogP contribution in [-0.4, -0.2) is 36.0 Å². The molecule has 1 aliphatic heterocycles. The van der Waals surface area contributed by atoms with Crippen LogP contribution < -0.4 is 14.8 Å². The number of ether oxygens (including phenoxy) is 2. The number of para-hydroxylation sites is 1. The lowest BCUT2D eigenvalue weighted by atomic mass is 9.96. The predicted octanol–water partition coefficient (Wildman–Crippen LogP) is 1.51. The molecule has 0 saturated heterocycles. The Balaban J connectivity index is 1.48. The molecule has 23 heavy (non-hydrogen) atoms. The third kappa shape index (κ3) is 3.80. The van der Waals surface area contributed by atoms with E-state index in [0.717, 1.165) is 11.3 Å². The minimum absolute atomic E-state index is 0.0175. The minimum Gasteiger partial charge on any atom is -0.493 e. The Hall–Kier alpha value is -2.57. The largest absolute Gasteiger partial charge is 0.493 e. The van der Waals surface area contributed by atoms with E-state index in [-0.39, 0.29) is 11.8 Å². The molecule has 1 amide bonds. The zero-order valence-corrected chi connectivity index (χ0v) is 12.9. The number of hydrogen-bond acceptors (Lipinski definition) is 6. The minimum atomic E-state index is -0.0888. The van der Waals surface area contributed by atoms with E-state index in [0.29, 0.717) is 44.2 Å². The lowest BCUT2D eigenvalue weighted by Gasteiger charge is -2.13. The lowest BCUT2D eigenvalue weighted by molar-refractivity contribution is -0.125. The van der Waals surface area contributed by atoms with Crippen molar-refractivity contribution in [3.63, 3.8) is 0 Å². The summed E-state index contributed by atoms with van der Waals surface area (Å²) in [6, 6.07) is 7.85. The average molecular weight is 317 g/mol. The van der Waals surface area contributed by atoms with E-state index < -0.39 is 0 Å². The summed E-state index contributed by atoms with van der Waals surface area (Å²) in [5.41, 5.74) is 1.67. The highest BCUT2D eigenvalue weighted by Crippen LogP contribution is 2.26. The fraction of sp³-hybridized carbons (Fsp3) is 0.438. The van der Waals surface area contributed by atoms with Crippen LogP contribution in [0.1, 0.15) is 17.7 Å². The summed E-state index contributed by atoms with van der Waals surface area (Å²) in [4.78, 5) is 12.3.